The van der Waals surface area contributed by atoms with E-state index in [2.05, 4.69) is 79.8 Å². The Hall–Kier alpha value is -3.60. The Labute approximate surface area is 213 Å². The number of hydrogen-bond donors (Lipinski definition) is 1. The smallest absolute Gasteiger partial charge is 0.132 e. The average Bonchev–Trinajstić information content (AvgIpc) is 2.91. The van der Waals surface area contributed by atoms with Gasteiger partial charge in [0.05, 0.1) is 13.2 Å². The van der Waals surface area contributed by atoms with Crippen molar-refractivity contribution in [1.29, 1.82) is 0 Å². The Morgan fingerprint density at radius 3 is 1.86 bits per heavy atom. The van der Waals surface area contributed by atoms with Crippen LogP contribution in [0, 0.1) is 0 Å². The first-order chi connectivity index (χ1) is 17.6. The number of nitrogens with one attached hydrogen (secondary N) is 1. The minimum absolute atomic E-state index is 0.286. The van der Waals surface area contributed by atoms with E-state index >= 15 is 0 Å². The first-order valence-electron chi connectivity index (χ1n) is 12.5. The second-order valence-electron chi connectivity index (χ2n) is 9.73. The van der Waals surface area contributed by atoms with E-state index in [1.807, 2.05) is 48.5 Å². The fraction of sp³-hybridized carbons (Fsp3) is 0.250. The van der Waals surface area contributed by atoms with Crippen LogP contribution in [0.2, 0.25) is 0 Å². The van der Waals surface area contributed by atoms with E-state index < -0.39 is 5.60 Å². The van der Waals surface area contributed by atoms with Crippen LogP contribution in [0.15, 0.2) is 109 Å². The van der Waals surface area contributed by atoms with Gasteiger partial charge in [-0.2, -0.15) is 0 Å². The van der Waals surface area contributed by atoms with Gasteiger partial charge in [0.1, 0.15) is 23.6 Å². The summed E-state index contributed by atoms with van der Waals surface area (Å²) >= 11 is 0. The van der Waals surface area contributed by atoms with Crippen LogP contribution in [0.5, 0.6) is 5.75 Å². The lowest BCUT2D eigenvalue weighted by atomic mass is 9.87. The van der Waals surface area contributed by atoms with Gasteiger partial charge in [-0.1, -0.05) is 91.0 Å². The third-order valence-corrected chi connectivity index (χ3v) is 6.53. The number of ether oxygens (including phenoxy) is 3. The molecule has 4 heteroatoms. The molecule has 1 heterocycles. The van der Waals surface area contributed by atoms with E-state index in [-0.39, 0.29) is 12.2 Å². The fourth-order valence-corrected chi connectivity index (χ4v) is 4.63. The molecular weight excluding hydrogens is 446 g/mol. The average molecular weight is 480 g/mol. The zero-order valence-electron chi connectivity index (χ0n) is 20.9. The highest BCUT2D eigenvalue weighted by Gasteiger charge is 2.45. The van der Waals surface area contributed by atoms with Gasteiger partial charge in [0.15, 0.2) is 0 Å². The van der Waals surface area contributed by atoms with Crippen LogP contribution in [-0.4, -0.2) is 11.7 Å². The summed E-state index contributed by atoms with van der Waals surface area (Å²) in [5.41, 5.74) is 4.94. The standard InChI is InChI=1S/C32H33NO3/c1-32(2)31(35-23-26-16-10-5-11-17-26)30(34-22-25-14-8-4-9-15-25)28-20-27(18-19-29(28)36-32)33-21-24-12-6-3-7-13-24/h3-20,30-31,33H,21-23H2,1-2H3. The maximum Gasteiger partial charge on any atom is 0.132 e. The molecule has 2 atom stereocenters. The molecule has 0 saturated heterocycles. The molecule has 0 amide bonds. The van der Waals surface area contributed by atoms with Gasteiger partial charge in [-0.05, 0) is 48.7 Å². The molecule has 2 unspecified atom stereocenters. The van der Waals surface area contributed by atoms with Crippen LogP contribution in [0.25, 0.3) is 0 Å². The van der Waals surface area contributed by atoms with E-state index in [0.29, 0.717) is 13.2 Å². The van der Waals surface area contributed by atoms with Crippen molar-refractivity contribution in [1.82, 2.24) is 0 Å². The van der Waals surface area contributed by atoms with E-state index in [9.17, 15) is 0 Å². The lowest BCUT2D eigenvalue weighted by Crippen LogP contribution is -2.50. The predicted molar refractivity (Wildman–Crippen MR) is 144 cm³/mol. The Kier molecular flexibility index (Phi) is 7.36. The van der Waals surface area contributed by atoms with Gasteiger partial charge in [0.25, 0.3) is 0 Å². The Morgan fingerprint density at radius 1 is 0.694 bits per heavy atom. The summed E-state index contributed by atoms with van der Waals surface area (Å²) in [5, 5.41) is 3.55. The van der Waals surface area contributed by atoms with Gasteiger partial charge in [0.2, 0.25) is 0 Å². The first-order valence-corrected chi connectivity index (χ1v) is 12.5. The molecule has 1 aliphatic rings. The largest absolute Gasteiger partial charge is 0.485 e. The number of benzene rings is 4. The molecule has 36 heavy (non-hydrogen) atoms. The van der Waals surface area contributed by atoms with Crippen LogP contribution in [0.4, 0.5) is 5.69 Å². The second-order valence-corrected chi connectivity index (χ2v) is 9.73. The zero-order chi connectivity index (χ0) is 24.8. The monoisotopic (exact) mass is 479 g/mol. The molecule has 0 fully saturated rings. The molecule has 0 spiro atoms. The van der Waals surface area contributed by atoms with Crippen molar-refractivity contribution in [2.75, 3.05) is 5.32 Å². The van der Waals surface area contributed by atoms with Crippen LogP contribution in [0.3, 0.4) is 0 Å². The van der Waals surface area contributed by atoms with Crippen molar-refractivity contribution in [2.24, 2.45) is 0 Å². The maximum absolute atomic E-state index is 6.62. The molecule has 5 rings (SSSR count). The predicted octanol–water partition coefficient (Wildman–Crippen LogP) is 7.31. The summed E-state index contributed by atoms with van der Waals surface area (Å²) in [5.74, 6) is 0.836. The van der Waals surface area contributed by atoms with E-state index in [0.717, 1.165) is 34.7 Å². The zero-order valence-corrected chi connectivity index (χ0v) is 20.9. The van der Waals surface area contributed by atoms with Crippen molar-refractivity contribution < 1.29 is 14.2 Å². The Morgan fingerprint density at radius 2 is 1.25 bits per heavy atom. The number of anilines is 1. The molecule has 0 aliphatic carbocycles. The third kappa shape index (κ3) is 5.78. The maximum atomic E-state index is 6.62. The molecular formula is C32H33NO3. The topological polar surface area (TPSA) is 39.7 Å². The normalized spacial score (nSPS) is 18.2. The molecule has 4 aromatic rings. The van der Waals surface area contributed by atoms with E-state index in [4.69, 9.17) is 14.2 Å². The van der Waals surface area contributed by atoms with Crippen LogP contribution < -0.4 is 10.1 Å². The lowest BCUT2D eigenvalue weighted by Gasteiger charge is -2.44. The van der Waals surface area contributed by atoms with Crippen molar-refractivity contribution >= 4 is 5.69 Å². The van der Waals surface area contributed by atoms with E-state index in [1.54, 1.807) is 0 Å². The van der Waals surface area contributed by atoms with Crippen LogP contribution in [0.1, 0.15) is 42.2 Å². The summed E-state index contributed by atoms with van der Waals surface area (Å²) in [6.45, 7) is 5.88. The minimum atomic E-state index is -0.567. The number of hydrogen-bond acceptors (Lipinski definition) is 4. The van der Waals surface area contributed by atoms with Gasteiger partial charge in [-0.15, -0.1) is 0 Å². The molecule has 0 aromatic heterocycles. The molecule has 1 N–H and O–H groups in total. The van der Waals surface area contributed by atoms with Crippen LogP contribution in [-0.2, 0) is 29.2 Å². The summed E-state index contributed by atoms with van der Waals surface area (Å²) < 4.78 is 19.6. The van der Waals surface area contributed by atoms with Gasteiger partial charge in [-0.25, -0.2) is 0 Å². The molecule has 4 nitrogen and oxygen atoms in total. The van der Waals surface area contributed by atoms with Crippen LogP contribution >= 0.6 is 0 Å². The molecule has 0 bridgehead atoms. The quantitative estimate of drug-likeness (QED) is 0.273. The molecule has 0 saturated carbocycles. The summed E-state index contributed by atoms with van der Waals surface area (Å²) in [4.78, 5) is 0. The van der Waals surface area contributed by atoms with Gasteiger partial charge in [-0.3, -0.25) is 0 Å². The highest BCUT2D eigenvalue weighted by Crippen LogP contribution is 2.45. The highest BCUT2D eigenvalue weighted by atomic mass is 16.6. The second kappa shape index (κ2) is 11.0. The van der Waals surface area contributed by atoms with Gasteiger partial charge in [0, 0.05) is 17.8 Å². The van der Waals surface area contributed by atoms with Gasteiger partial charge < -0.3 is 19.5 Å². The number of rotatable bonds is 9. The molecule has 184 valence electrons. The summed E-state index contributed by atoms with van der Waals surface area (Å²) in [6, 6.07) is 37.1. The SMILES string of the molecule is CC1(C)Oc2ccc(NCc3ccccc3)cc2C(OCc2ccccc2)C1OCc1ccccc1. The molecule has 1 aliphatic heterocycles. The fourth-order valence-electron chi connectivity index (χ4n) is 4.63. The Balaban J connectivity index is 1.42. The molecule has 0 radical (unpaired) electrons. The Bertz CT molecular complexity index is 1240. The summed E-state index contributed by atoms with van der Waals surface area (Å²) in [6.07, 6.45) is -0.579. The van der Waals surface area contributed by atoms with E-state index in [1.165, 1.54) is 5.56 Å². The van der Waals surface area contributed by atoms with Crippen molar-refractivity contribution in [3.05, 3.63) is 131 Å². The molecule has 4 aromatic carbocycles. The minimum Gasteiger partial charge on any atom is -0.485 e. The summed E-state index contributed by atoms with van der Waals surface area (Å²) in [7, 11) is 0. The van der Waals surface area contributed by atoms with Gasteiger partial charge >= 0.3 is 0 Å². The highest BCUT2D eigenvalue weighted by molar-refractivity contribution is 5.54. The first kappa shape index (κ1) is 24.1. The third-order valence-electron chi connectivity index (χ3n) is 6.53. The van der Waals surface area contributed by atoms with Crippen molar-refractivity contribution in [3.8, 4) is 5.75 Å². The van der Waals surface area contributed by atoms with Crippen molar-refractivity contribution in [2.45, 2.75) is 51.4 Å². The van der Waals surface area contributed by atoms with Crippen molar-refractivity contribution in [3.63, 3.8) is 0 Å². The lowest BCUT2D eigenvalue weighted by molar-refractivity contribution is -0.170. The number of fused-ring (bicyclic) bond motifs is 1.